The van der Waals surface area contributed by atoms with E-state index < -0.39 is 15.9 Å². The molecule has 10 heteroatoms. The van der Waals surface area contributed by atoms with E-state index in [1.54, 1.807) is 24.3 Å². The number of anilines is 2. The number of benzene rings is 2. The van der Waals surface area contributed by atoms with E-state index in [1.807, 2.05) is 0 Å². The molecule has 2 heterocycles. The Bertz CT molecular complexity index is 1120. The molecule has 1 atom stereocenters. The van der Waals surface area contributed by atoms with Crippen LogP contribution in [0.4, 0.5) is 11.4 Å². The monoisotopic (exact) mass is 445 g/mol. The molecule has 9 nitrogen and oxygen atoms in total. The Morgan fingerprint density at radius 3 is 2.87 bits per heavy atom. The van der Waals surface area contributed by atoms with Crippen LogP contribution in [0.15, 0.2) is 47.4 Å². The minimum absolute atomic E-state index is 0.0443. The maximum absolute atomic E-state index is 13.2. The summed E-state index contributed by atoms with van der Waals surface area (Å²) in [6.07, 6.45) is 1.15. The highest BCUT2D eigenvalue weighted by Gasteiger charge is 2.34. The molecule has 4 rings (SSSR count). The highest BCUT2D eigenvalue weighted by Crippen LogP contribution is 2.33. The first-order valence-corrected chi connectivity index (χ1v) is 11.3. The molecule has 31 heavy (non-hydrogen) atoms. The molecule has 1 unspecified atom stereocenters. The molecule has 2 N–H and O–H groups in total. The van der Waals surface area contributed by atoms with Crippen LogP contribution in [0.5, 0.6) is 11.5 Å². The second kappa shape index (κ2) is 8.56. The van der Waals surface area contributed by atoms with Crippen molar-refractivity contribution in [3.05, 3.63) is 42.5 Å². The molecule has 164 valence electrons. The molecule has 0 radical (unpaired) electrons. The minimum atomic E-state index is -3.84. The van der Waals surface area contributed by atoms with Crippen molar-refractivity contribution in [3.63, 3.8) is 0 Å². The first kappa shape index (κ1) is 21.1. The number of hydrogen-bond acceptors (Lipinski definition) is 6. The van der Waals surface area contributed by atoms with E-state index in [1.165, 1.54) is 29.6 Å². The van der Waals surface area contributed by atoms with Crippen LogP contribution in [0.25, 0.3) is 0 Å². The third-order valence-electron chi connectivity index (χ3n) is 5.34. The fourth-order valence-electron chi connectivity index (χ4n) is 3.73. The topological polar surface area (TPSA) is 114 Å². The number of methoxy groups -OCH3 is 1. The SMILES string of the molecule is COc1ccccc1NC(=O)C1CCCN(S(=O)(=O)c2ccc3c(c2)NC(=O)CO3)C1. The van der Waals surface area contributed by atoms with Gasteiger partial charge in [-0.1, -0.05) is 12.1 Å². The van der Waals surface area contributed by atoms with E-state index in [2.05, 4.69) is 10.6 Å². The van der Waals surface area contributed by atoms with Gasteiger partial charge in [0.05, 0.1) is 29.3 Å². The molecule has 2 aliphatic rings. The highest BCUT2D eigenvalue weighted by atomic mass is 32.2. The molecule has 2 aromatic rings. The lowest BCUT2D eigenvalue weighted by Crippen LogP contribution is -2.43. The number of carbonyl (C=O) groups is 2. The van der Waals surface area contributed by atoms with Crippen LogP contribution in [0, 0.1) is 5.92 Å². The number of piperidine rings is 1. The van der Waals surface area contributed by atoms with Gasteiger partial charge in [0.2, 0.25) is 15.9 Å². The summed E-state index contributed by atoms with van der Waals surface area (Å²) in [7, 11) is -2.32. The summed E-state index contributed by atoms with van der Waals surface area (Å²) in [6, 6.07) is 11.4. The van der Waals surface area contributed by atoms with Crippen molar-refractivity contribution in [1.82, 2.24) is 4.31 Å². The summed E-state index contributed by atoms with van der Waals surface area (Å²) in [6.45, 7) is 0.290. The number of nitrogens with zero attached hydrogens (tertiary/aromatic N) is 1. The van der Waals surface area contributed by atoms with E-state index in [0.29, 0.717) is 42.3 Å². The zero-order chi connectivity index (χ0) is 22.0. The number of ether oxygens (including phenoxy) is 2. The van der Waals surface area contributed by atoms with Crippen molar-refractivity contribution in [3.8, 4) is 11.5 Å². The Kier molecular flexibility index (Phi) is 5.84. The maximum atomic E-state index is 13.2. The van der Waals surface area contributed by atoms with Crippen LogP contribution in [-0.4, -0.2) is 51.3 Å². The third kappa shape index (κ3) is 4.35. The Morgan fingerprint density at radius 2 is 2.06 bits per heavy atom. The number of hydrogen-bond donors (Lipinski definition) is 2. The standard InChI is InChI=1S/C21H23N3O6S/c1-29-18-7-3-2-6-16(18)23-21(26)14-5-4-10-24(12-14)31(27,28)15-8-9-19-17(11-15)22-20(25)13-30-19/h2-3,6-9,11,14H,4-5,10,12-13H2,1H3,(H,22,25)(H,23,26). The molecule has 0 aliphatic carbocycles. The first-order valence-electron chi connectivity index (χ1n) is 9.89. The van der Waals surface area contributed by atoms with Crippen LogP contribution in [-0.2, 0) is 19.6 Å². The minimum Gasteiger partial charge on any atom is -0.495 e. The summed E-state index contributed by atoms with van der Waals surface area (Å²) in [4.78, 5) is 24.4. The Labute approximate surface area is 180 Å². The number of carbonyl (C=O) groups excluding carboxylic acids is 2. The summed E-state index contributed by atoms with van der Waals surface area (Å²) in [5.41, 5.74) is 0.861. The van der Waals surface area contributed by atoms with Gasteiger partial charge in [-0.2, -0.15) is 4.31 Å². The van der Waals surface area contributed by atoms with E-state index in [4.69, 9.17) is 9.47 Å². The number of sulfonamides is 1. The third-order valence-corrected chi connectivity index (χ3v) is 7.20. The van der Waals surface area contributed by atoms with Gasteiger partial charge in [-0.25, -0.2) is 8.42 Å². The molecule has 0 aromatic heterocycles. The molecule has 0 spiro atoms. The number of rotatable bonds is 5. The number of nitrogens with one attached hydrogen (secondary N) is 2. The summed E-state index contributed by atoms with van der Waals surface area (Å²) in [5.74, 6) is -0.126. The predicted octanol–water partition coefficient (Wildman–Crippen LogP) is 2.07. The molecule has 2 aromatic carbocycles. The summed E-state index contributed by atoms with van der Waals surface area (Å²) >= 11 is 0. The fraction of sp³-hybridized carbons (Fsp3) is 0.333. The fourth-order valence-corrected chi connectivity index (χ4v) is 5.28. The van der Waals surface area contributed by atoms with Crippen molar-refractivity contribution in [1.29, 1.82) is 0 Å². The van der Waals surface area contributed by atoms with Gasteiger partial charge >= 0.3 is 0 Å². The largest absolute Gasteiger partial charge is 0.495 e. The lowest BCUT2D eigenvalue weighted by molar-refractivity contribution is -0.121. The lowest BCUT2D eigenvalue weighted by Gasteiger charge is -2.31. The average molecular weight is 445 g/mol. The molecule has 0 saturated carbocycles. The van der Waals surface area contributed by atoms with Crippen LogP contribution in [0.1, 0.15) is 12.8 Å². The van der Waals surface area contributed by atoms with Crippen LogP contribution in [0.2, 0.25) is 0 Å². The Hall–Kier alpha value is -3.11. The van der Waals surface area contributed by atoms with E-state index in [0.717, 1.165) is 0 Å². The van der Waals surface area contributed by atoms with Gasteiger partial charge in [0.15, 0.2) is 6.61 Å². The highest BCUT2D eigenvalue weighted by molar-refractivity contribution is 7.89. The van der Waals surface area contributed by atoms with E-state index in [-0.39, 0.29) is 29.9 Å². The summed E-state index contributed by atoms with van der Waals surface area (Å²) in [5, 5.41) is 5.46. The van der Waals surface area contributed by atoms with Gasteiger partial charge in [-0.05, 0) is 43.2 Å². The Morgan fingerprint density at radius 1 is 1.26 bits per heavy atom. The smallest absolute Gasteiger partial charge is 0.262 e. The zero-order valence-corrected chi connectivity index (χ0v) is 17.8. The second-order valence-electron chi connectivity index (χ2n) is 7.39. The lowest BCUT2D eigenvalue weighted by atomic mass is 9.98. The number of amides is 2. The van der Waals surface area contributed by atoms with Crippen molar-refractivity contribution >= 4 is 33.2 Å². The molecule has 1 saturated heterocycles. The van der Waals surface area contributed by atoms with Gasteiger partial charge in [0.1, 0.15) is 11.5 Å². The number of para-hydroxylation sites is 2. The van der Waals surface area contributed by atoms with E-state index in [9.17, 15) is 18.0 Å². The zero-order valence-electron chi connectivity index (χ0n) is 17.0. The van der Waals surface area contributed by atoms with Gasteiger partial charge in [0.25, 0.3) is 5.91 Å². The van der Waals surface area contributed by atoms with Crippen molar-refractivity contribution in [2.75, 3.05) is 37.4 Å². The molecule has 2 amide bonds. The van der Waals surface area contributed by atoms with Crippen LogP contribution in [0.3, 0.4) is 0 Å². The van der Waals surface area contributed by atoms with E-state index >= 15 is 0 Å². The normalized spacial score (nSPS) is 19.0. The van der Waals surface area contributed by atoms with Crippen molar-refractivity contribution in [2.45, 2.75) is 17.7 Å². The van der Waals surface area contributed by atoms with Gasteiger partial charge in [-0.15, -0.1) is 0 Å². The summed E-state index contributed by atoms with van der Waals surface area (Å²) < 4.78 is 38.3. The average Bonchev–Trinajstić information content (AvgIpc) is 2.79. The number of fused-ring (bicyclic) bond motifs is 1. The van der Waals surface area contributed by atoms with Crippen molar-refractivity contribution in [2.24, 2.45) is 5.92 Å². The second-order valence-corrected chi connectivity index (χ2v) is 9.32. The Balaban J connectivity index is 1.50. The molecular formula is C21H23N3O6S. The molecule has 1 fully saturated rings. The van der Waals surface area contributed by atoms with Crippen LogP contribution >= 0.6 is 0 Å². The quantitative estimate of drug-likeness (QED) is 0.728. The van der Waals surface area contributed by atoms with Gasteiger partial charge in [-0.3, -0.25) is 9.59 Å². The maximum Gasteiger partial charge on any atom is 0.262 e. The van der Waals surface area contributed by atoms with Crippen LogP contribution < -0.4 is 20.1 Å². The predicted molar refractivity (Wildman–Crippen MR) is 114 cm³/mol. The molecule has 0 bridgehead atoms. The van der Waals surface area contributed by atoms with Gasteiger partial charge < -0.3 is 20.1 Å². The first-order chi connectivity index (χ1) is 14.9. The van der Waals surface area contributed by atoms with Crippen molar-refractivity contribution < 1.29 is 27.5 Å². The molecular weight excluding hydrogens is 422 g/mol. The van der Waals surface area contributed by atoms with Gasteiger partial charge in [0, 0.05) is 13.1 Å². The molecule has 2 aliphatic heterocycles.